The van der Waals surface area contributed by atoms with Crippen molar-refractivity contribution >= 4 is 18.0 Å². The highest BCUT2D eigenvalue weighted by molar-refractivity contribution is 5.86. The SMILES string of the molecule is C=C(C)C(=O)OCCNC(=O)OCCC(=O)OCCOC. The molecular weight excluding hydrogens is 282 g/mol. The van der Waals surface area contributed by atoms with E-state index in [1.54, 1.807) is 0 Å². The molecule has 1 amide bonds. The van der Waals surface area contributed by atoms with Crippen molar-refractivity contribution in [1.82, 2.24) is 5.32 Å². The van der Waals surface area contributed by atoms with Gasteiger partial charge in [0, 0.05) is 12.7 Å². The molecule has 0 aliphatic carbocycles. The average Bonchev–Trinajstić information content (AvgIpc) is 2.43. The van der Waals surface area contributed by atoms with Crippen LogP contribution in [0.4, 0.5) is 4.79 Å². The summed E-state index contributed by atoms with van der Waals surface area (Å²) in [5, 5.41) is 2.36. The van der Waals surface area contributed by atoms with Crippen LogP contribution in [0.25, 0.3) is 0 Å². The van der Waals surface area contributed by atoms with Crippen LogP contribution in [0, 0.1) is 0 Å². The van der Waals surface area contributed by atoms with Crippen LogP contribution >= 0.6 is 0 Å². The van der Waals surface area contributed by atoms with E-state index in [-0.39, 0.29) is 38.4 Å². The molecule has 0 radical (unpaired) electrons. The molecule has 0 saturated heterocycles. The van der Waals surface area contributed by atoms with Gasteiger partial charge in [-0.2, -0.15) is 0 Å². The monoisotopic (exact) mass is 303 g/mol. The van der Waals surface area contributed by atoms with Gasteiger partial charge in [0.25, 0.3) is 0 Å². The van der Waals surface area contributed by atoms with Crippen molar-refractivity contribution in [2.75, 3.05) is 40.1 Å². The molecule has 0 saturated carbocycles. The number of carbonyl (C=O) groups excluding carboxylic acids is 3. The van der Waals surface area contributed by atoms with Crippen molar-refractivity contribution in [1.29, 1.82) is 0 Å². The van der Waals surface area contributed by atoms with Gasteiger partial charge in [0.2, 0.25) is 0 Å². The van der Waals surface area contributed by atoms with Crippen LogP contribution < -0.4 is 5.32 Å². The number of nitrogens with one attached hydrogen (secondary N) is 1. The highest BCUT2D eigenvalue weighted by Crippen LogP contribution is 1.91. The zero-order valence-corrected chi connectivity index (χ0v) is 12.3. The van der Waals surface area contributed by atoms with Crippen LogP contribution in [-0.2, 0) is 28.5 Å². The van der Waals surface area contributed by atoms with Gasteiger partial charge in [0.1, 0.15) is 19.8 Å². The van der Waals surface area contributed by atoms with Crippen LogP contribution in [0.5, 0.6) is 0 Å². The molecule has 8 nitrogen and oxygen atoms in total. The Labute approximate surface area is 123 Å². The van der Waals surface area contributed by atoms with E-state index in [4.69, 9.17) is 18.9 Å². The molecule has 0 aliphatic heterocycles. The lowest BCUT2D eigenvalue weighted by Gasteiger charge is -2.08. The molecule has 120 valence electrons. The largest absolute Gasteiger partial charge is 0.463 e. The van der Waals surface area contributed by atoms with Crippen molar-refractivity contribution < 1.29 is 33.3 Å². The first-order chi connectivity index (χ1) is 9.97. The second kappa shape index (κ2) is 11.7. The van der Waals surface area contributed by atoms with Gasteiger partial charge in [-0.3, -0.25) is 4.79 Å². The zero-order chi connectivity index (χ0) is 16.1. The van der Waals surface area contributed by atoms with Crippen molar-refractivity contribution in [3.05, 3.63) is 12.2 Å². The lowest BCUT2D eigenvalue weighted by Crippen LogP contribution is -2.29. The maximum Gasteiger partial charge on any atom is 0.407 e. The lowest BCUT2D eigenvalue weighted by molar-refractivity contribution is -0.145. The molecule has 1 N–H and O–H groups in total. The Kier molecular flexibility index (Phi) is 10.5. The van der Waals surface area contributed by atoms with E-state index in [1.165, 1.54) is 14.0 Å². The van der Waals surface area contributed by atoms with E-state index in [0.29, 0.717) is 6.61 Å². The number of alkyl carbamates (subject to hydrolysis) is 1. The van der Waals surface area contributed by atoms with Crippen molar-refractivity contribution in [2.24, 2.45) is 0 Å². The predicted molar refractivity (Wildman–Crippen MR) is 72.6 cm³/mol. The second-order valence-electron chi connectivity index (χ2n) is 3.94. The summed E-state index contributed by atoms with van der Waals surface area (Å²) in [5.74, 6) is -1.00. The molecule has 0 heterocycles. The highest BCUT2D eigenvalue weighted by atomic mass is 16.6. The maximum atomic E-state index is 11.2. The molecule has 0 fully saturated rings. The first-order valence-electron chi connectivity index (χ1n) is 6.35. The minimum atomic E-state index is -0.703. The third-order valence-corrected chi connectivity index (χ3v) is 2.04. The van der Waals surface area contributed by atoms with Gasteiger partial charge < -0.3 is 24.3 Å². The Morgan fingerprint density at radius 1 is 1.00 bits per heavy atom. The summed E-state index contributed by atoms with van der Waals surface area (Å²) in [4.78, 5) is 33.4. The molecule has 0 rings (SSSR count). The Hall–Kier alpha value is -2.09. The van der Waals surface area contributed by atoms with Gasteiger partial charge in [0.05, 0.1) is 19.6 Å². The molecule has 0 aliphatic rings. The zero-order valence-electron chi connectivity index (χ0n) is 12.3. The van der Waals surface area contributed by atoms with Gasteiger partial charge >= 0.3 is 18.0 Å². The lowest BCUT2D eigenvalue weighted by atomic mass is 10.4. The molecule has 0 unspecified atom stereocenters. The van der Waals surface area contributed by atoms with E-state index in [9.17, 15) is 14.4 Å². The summed E-state index contributed by atoms with van der Waals surface area (Å²) in [5.41, 5.74) is 0.282. The Morgan fingerprint density at radius 2 is 1.71 bits per heavy atom. The van der Waals surface area contributed by atoms with Gasteiger partial charge in [-0.05, 0) is 6.92 Å². The number of amides is 1. The van der Waals surface area contributed by atoms with Crippen LogP contribution in [0.3, 0.4) is 0 Å². The van der Waals surface area contributed by atoms with Crippen molar-refractivity contribution in [2.45, 2.75) is 13.3 Å². The normalized spacial score (nSPS) is 9.62. The summed E-state index contributed by atoms with van der Waals surface area (Å²) in [6, 6.07) is 0. The van der Waals surface area contributed by atoms with Crippen LogP contribution in [-0.4, -0.2) is 58.1 Å². The van der Waals surface area contributed by atoms with Crippen LogP contribution in [0.1, 0.15) is 13.3 Å². The highest BCUT2D eigenvalue weighted by Gasteiger charge is 2.07. The molecule has 0 aromatic carbocycles. The minimum absolute atomic E-state index is 0.0137. The molecule has 0 bridgehead atoms. The molecule has 0 spiro atoms. The number of esters is 2. The topological polar surface area (TPSA) is 100 Å². The quantitative estimate of drug-likeness (QED) is 0.270. The molecule has 0 aromatic rings. The maximum absolute atomic E-state index is 11.2. The summed E-state index contributed by atoms with van der Waals surface area (Å²) >= 11 is 0. The van der Waals surface area contributed by atoms with Crippen molar-refractivity contribution in [3.63, 3.8) is 0 Å². The van der Waals surface area contributed by atoms with Gasteiger partial charge in [-0.1, -0.05) is 6.58 Å². The van der Waals surface area contributed by atoms with Gasteiger partial charge in [0.15, 0.2) is 0 Å². The Balaban J connectivity index is 3.52. The fraction of sp³-hybridized carbons (Fsp3) is 0.615. The standard InChI is InChI=1S/C13H21NO7/c1-10(2)12(16)20-7-5-14-13(17)21-6-4-11(15)19-9-8-18-3/h1,4-9H2,2-3H3,(H,14,17). The summed E-state index contributed by atoms with van der Waals surface area (Å²) in [6.07, 6.45) is -0.743. The number of ether oxygens (including phenoxy) is 4. The van der Waals surface area contributed by atoms with Crippen LogP contribution in [0.15, 0.2) is 12.2 Å². The number of hydrogen-bond donors (Lipinski definition) is 1. The Bertz CT molecular complexity index is 368. The minimum Gasteiger partial charge on any atom is -0.463 e. The van der Waals surface area contributed by atoms with E-state index >= 15 is 0 Å². The average molecular weight is 303 g/mol. The van der Waals surface area contributed by atoms with Gasteiger partial charge in [-0.15, -0.1) is 0 Å². The molecule has 21 heavy (non-hydrogen) atoms. The van der Waals surface area contributed by atoms with E-state index in [1.807, 2.05) is 0 Å². The summed E-state index contributed by atoms with van der Waals surface area (Å²) in [7, 11) is 1.49. The van der Waals surface area contributed by atoms with E-state index < -0.39 is 18.0 Å². The molecule has 0 atom stereocenters. The molecule has 8 heteroatoms. The Morgan fingerprint density at radius 3 is 2.33 bits per heavy atom. The number of methoxy groups -OCH3 is 1. The summed E-state index contributed by atoms with van der Waals surface area (Å²) < 4.78 is 19.0. The molecular formula is C13H21NO7. The first kappa shape index (κ1) is 18.9. The number of carbonyl (C=O) groups is 3. The predicted octanol–water partition coefficient (Wildman–Crippen LogP) is 0.412. The third kappa shape index (κ3) is 11.4. The second-order valence-corrected chi connectivity index (χ2v) is 3.94. The van der Waals surface area contributed by atoms with Crippen molar-refractivity contribution in [3.8, 4) is 0 Å². The molecule has 0 aromatic heterocycles. The van der Waals surface area contributed by atoms with E-state index in [2.05, 4.69) is 11.9 Å². The van der Waals surface area contributed by atoms with E-state index in [0.717, 1.165) is 0 Å². The number of hydrogen-bond acceptors (Lipinski definition) is 7. The first-order valence-corrected chi connectivity index (χ1v) is 6.35. The smallest absolute Gasteiger partial charge is 0.407 e. The van der Waals surface area contributed by atoms with Crippen LogP contribution in [0.2, 0.25) is 0 Å². The summed E-state index contributed by atoms with van der Waals surface area (Å²) in [6.45, 7) is 5.44. The number of rotatable bonds is 10. The third-order valence-electron chi connectivity index (χ3n) is 2.04. The van der Waals surface area contributed by atoms with Gasteiger partial charge in [-0.25, -0.2) is 9.59 Å². The fourth-order valence-corrected chi connectivity index (χ4v) is 1.01. The fourth-order valence-electron chi connectivity index (χ4n) is 1.01.